The molecule has 1 unspecified atom stereocenters. The molecule has 0 bridgehead atoms. The average molecular weight is 218 g/mol. The molecule has 0 rings (SSSR count). The van der Waals surface area contributed by atoms with Gasteiger partial charge in [-0.15, -0.1) is 0 Å². The summed E-state index contributed by atoms with van der Waals surface area (Å²) in [5.41, 5.74) is 5.54. The fourth-order valence-corrected chi connectivity index (χ4v) is 0.957. The lowest BCUT2D eigenvalue weighted by Crippen LogP contribution is -2.50. The van der Waals surface area contributed by atoms with Crippen LogP contribution in [0.3, 0.4) is 0 Å². The predicted molar refractivity (Wildman–Crippen MR) is 54.1 cm³/mol. The number of aliphatic hydroxyl groups excluding tert-OH is 1. The largest absolute Gasteiger partial charge is 0.480 e. The highest BCUT2D eigenvalue weighted by atomic mass is 16.4. The van der Waals surface area contributed by atoms with Crippen LogP contribution in [0.15, 0.2) is 0 Å². The zero-order chi connectivity index (χ0) is 12.0. The normalized spacial score (nSPS) is 14.7. The van der Waals surface area contributed by atoms with E-state index in [0.717, 1.165) is 0 Å². The van der Waals surface area contributed by atoms with Crippen molar-refractivity contribution in [3.05, 3.63) is 0 Å². The summed E-state index contributed by atoms with van der Waals surface area (Å²) in [6.45, 7) is 3.24. The number of aliphatic hydroxyl groups is 1. The molecule has 0 aliphatic rings. The minimum Gasteiger partial charge on any atom is -0.480 e. The molecule has 1 amide bonds. The first kappa shape index (κ1) is 13.9. The second-order valence-electron chi connectivity index (χ2n) is 3.68. The Kier molecular flexibility index (Phi) is 5.88. The lowest BCUT2D eigenvalue weighted by atomic mass is 10.0. The van der Waals surface area contributed by atoms with Gasteiger partial charge in [-0.1, -0.05) is 13.8 Å². The summed E-state index contributed by atoms with van der Waals surface area (Å²) in [6.07, 6.45) is -0.0219. The van der Waals surface area contributed by atoms with Crippen molar-refractivity contribution in [3.8, 4) is 0 Å². The zero-order valence-electron chi connectivity index (χ0n) is 8.93. The fraction of sp³-hybridized carbons (Fsp3) is 0.778. The Balaban J connectivity index is 4.28. The number of nitrogens with one attached hydrogen (secondary N) is 1. The highest BCUT2D eigenvalue weighted by Gasteiger charge is 2.24. The Hall–Kier alpha value is -1.14. The Labute approximate surface area is 88.5 Å². The molecule has 15 heavy (non-hydrogen) atoms. The maximum absolute atomic E-state index is 11.4. The number of aliphatic carboxylic acids is 1. The Morgan fingerprint density at radius 3 is 2.27 bits per heavy atom. The molecule has 88 valence electrons. The molecule has 0 saturated heterocycles. The first-order valence-corrected chi connectivity index (χ1v) is 4.79. The van der Waals surface area contributed by atoms with Gasteiger partial charge < -0.3 is 21.3 Å². The quantitative estimate of drug-likeness (QED) is 0.453. The summed E-state index contributed by atoms with van der Waals surface area (Å²) < 4.78 is 0. The lowest BCUT2D eigenvalue weighted by molar-refractivity contribution is -0.142. The van der Waals surface area contributed by atoms with Gasteiger partial charge in [0.1, 0.15) is 6.04 Å². The topological polar surface area (TPSA) is 113 Å². The van der Waals surface area contributed by atoms with E-state index in [-0.39, 0.29) is 18.9 Å². The van der Waals surface area contributed by atoms with E-state index < -0.39 is 24.0 Å². The van der Waals surface area contributed by atoms with Crippen LogP contribution in [-0.2, 0) is 9.59 Å². The predicted octanol–water partition coefficient (Wildman–Crippen LogP) is -1.08. The molecule has 6 nitrogen and oxygen atoms in total. The van der Waals surface area contributed by atoms with Crippen molar-refractivity contribution in [2.45, 2.75) is 32.4 Å². The molecule has 0 spiro atoms. The smallest absolute Gasteiger partial charge is 0.326 e. The Morgan fingerprint density at radius 2 is 1.93 bits per heavy atom. The fourth-order valence-electron chi connectivity index (χ4n) is 0.957. The number of hydrogen-bond acceptors (Lipinski definition) is 4. The molecule has 0 aliphatic heterocycles. The molecular formula is C9H18N2O4. The molecule has 0 fully saturated rings. The zero-order valence-corrected chi connectivity index (χ0v) is 8.93. The minimum absolute atomic E-state index is 0.0219. The molecule has 0 saturated carbocycles. The number of nitrogens with two attached hydrogens (primary N) is 1. The van der Waals surface area contributed by atoms with Crippen LogP contribution in [0.1, 0.15) is 20.3 Å². The van der Waals surface area contributed by atoms with Gasteiger partial charge in [0.05, 0.1) is 6.04 Å². The second kappa shape index (κ2) is 6.36. The van der Waals surface area contributed by atoms with Crippen molar-refractivity contribution < 1.29 is 19.8 Å². The third-order valence-corrected chi connectivity index (χ3v) is 2.05. The maximum Gasteiger partial charge on any atom is 0.326 e. The summed E-state index contributed by atoms with van der Waals surface area (Å²) >= 11 is 0. The number of rotatable bonds is 6. The van der Waals surface area contributed by atoms with Crippen LogP contribution in [0.5, 0.6) is 0 Å². The average Bonchev–Trinajstić information content (AvgIpc) is 2.15. The van der Waals surface area contributed by atoms with Crippen molar-refractivity contribution in [1.29, 1.82) is 0 Å². The van der Waals surface area contributed by atoms with E-state index in [2.05, 4.69) is 5.32 Å². The summed E-state index contributed by atoms with van der Waals surface area (Å²) in [5.74, 6) is -1.74. The van der Waals surface area contributed by atoms with E-state index in [0.29, 0.717) is 0 Å². The van der Waals surface area contributed by atoms with E-state index in [1.165, 1.54) is 0 Å². The number of carboxylic acids is 1. The van der Waals surface area contributed by atoms with Crippen molar-refractivity contribution in [2.75, 3.05) is 6.61 Å². The molecule has 0 aromatic carbocycles. The van der Waals surface area contributed by atoms with Crippen LogP contribution < -0.4 is 11.1 Å². The summed E-state index contributed by atoms with van der Waals surface area (Å²) in [6, 6.07) is -1.81. The van der Waals surface area contributed by atoms with Crippen molar-refractivity contribution in [3.63, 3.8) is 0 Å². The van der Waals surface area contributed by atoms with Gasteiger partial charge in [-0.25, -0.2) is 4.79 Å². The maximum atomic E-state index is 11.4. The van der Waals surface area contributed by atoms with Gasteiger partial charge in [0.25, 0.3) is 0 Å². The van der Waals surface area contributed by atoms with E-state index in [1.807, 2.05) is 0 Å². The van der Waals surface area contributed by atoms with Gasteiger partial charge in [0, 0.05) is 13.0 Å². The Morgan fingerprint density at radius 1 is 1.40 bits per heavy atom. The molecule has 6 heteroatoms. The SMILES string of the molecule is CC(C)[C@@H](N)C(=O)NC(CCO)C(=O)O. The molecule has 0 heterocycles. The van der Waals surface area contributed by atoms with Crippen LogP contribution in [0.4, 0.5) is 0 Å². The van der Waals surface area contributed by atoms with Gasteiger partial charge in [0.15, 0.2) is 0 Å². The molecule has 0 radical (unpaired) electrons. The third kappa shape index (κ3) is 4.75. The van der Waals surface area contributed by atoms with Gasteiger partial charge in [0.2, 0.25) is 5.91 Å². The molecule has 2 atom stereocenters. The number of hydrogen-bond donors (Lipinski definition) is 4. The van der Waals surface area contributed by atoms with Crippen LogP contribution >= 0.6 is 0 Å². The van der Waals surface area contributed by atoms with Crippen molar-refractivity contribution in [1.82, 2.24) is 5.32 Å². The number of carbonyl (C=O) groups excluding carboxylic acids is 1. The highest BCUT2D eigenvalue weighted by molar-refractivity contribution is 5.86. The van der Waals surface area contributed by atoms with Gasteiger partial charge in [-0.05, 0) is 5.92 Å². The highest BCUT2D eigenvalue weighted by Crippen LogP contribution is 2.00. The molecule has 0 aliphatic carbocycles. The van der Waals surface area contributed by atoms with Gasteiger partial charge >= 0.3 is 5.97 Å². The number of amides is 1. The van der Waals surface area contributed by atoms with Crippen LogP contribution in [0.25, 0.3) is 0 Å². The second-order valence-corrected chi connectivity index (χ2v) is 3.68. The van der Waals surface area contributed by atoms with E-state index >= 15 is 0 Å². The third-order valence-electron chi connectivity index (χ3n) is 2.05. The Bertz CT molecular complexity index is 230. The lowest BCUT2D eigenvalue weighted by Gasteiger charge is -2.19. The van der Waals surface area contributed by atoms with E-state index in [9.17, 15) is 9.59 Å². The van der Waals surface area contributed by atoms with Crippen LogP contribution in [-0.4, -0.2) is 40.8 Å². The molecule has 5 N–H and O–H groups in total. The number of carbonyl (C=O) groups is 2. The van der Waals surface area contributed by atoms with Crippen molar-refractivity contribution >= 4 is 11.9 Å². The van der Waals surface area contributed by atoms with Crippen LogP contribution in [0, 0.1) is 5.92 Å². The summed E-state index contributed by atoms with van der Waals surface area (Å²) in [5, 5.41) is 19.6. The minimum atomic E-state index is -1.17. The monoisotopic (exact) mass is 218 g/mol. The van der Waals surface area contributed by atoms with E-state index in [1.54, 1.807) is 13.8 Å². The summed E-state index contributed by atoms with van der Waals surface area (Å²) in [7, 11) is 0. The van der Waals surface area contributed by atoms with Crippen LogP contribution in [0.2, 0.25) is 0 Å². The van der Waals surface area contributed by atoms with Gasteiger partial charge in [-0.2, -0.15) is 0 Å². The van der Waals surface area contributed by atoms with E-state index in [4.69, 9.17) is 15.9 Å². The number of carboxylic acid groups (broad SMARTS) is 1. The molecule has 0 aromatic rings. The summed E-state index contributed by atoms with van der Waals surface area (Å²) in [4.78, 5) is 22.0. The van der Waals surface area contributed by atoms with Gasteiger partial charge in [-0.3, -0.25) is 4.79 Å². The molecule has 0 aromatic heterocycles. The van der Waals surface area contributed by atoms with Crippen molar-refractivity contribution in [2.24, 2.45) is 11.7 Å². The first-order chi connectivity index (χ1) is 6.90. The first-order valence-electron chi connectivity index (χ1n) is 4.79. The molecular weight excluding hydrogens is 200 g/mol. The standard InChI is InChI=1S/C9H18N2O4/c1-5(2)7(10)8(13)11-6(3-4-12)9(14)15/h5-7,12H,3-4,10H2,1-2H3,(H,11,13)(H,14,15)/t6?,7-/m1/s1.